The minimum Gasteiger partial charge on any atom is -0.342 e. The van der Waals surface area contributed by atoms with Gasteiger partial charge in [-0.2, -0.15) is 0 Å². The van der Waals surface area contributed by atoms with Crippen LogP contribution in [0.1, 0.15) is 37.3 Å². The molecule has 0 unspecified atom stereocenters. The largest absolute Gasteiger partial charge is 0.342 e. The van der Waals surface area contributed by atoms with E-state index in [0.717, 1.165) is 32.1 Å². The van der Waals surface area contributed by atoms with E-state index in [1.807, 2.05) is 15.7 Å². The molecule has 2 aromatic heterocycles. The summed E-state index contributed by atoms with van der Waals surface area (Å²) < 4.78 is 26.2. The van der Waals surface area contributed by atoms with E-state index >= 15 is 0 Å². The molecule has 146 valence electrons. The number of sulfone groups is 1. The third-order valence-electron chi connectivity index (χ3n) is 4.77. The van der Waals surface area contributed by atoms with Gasteiger partial charge in [0, 0.05) is 56.8 Å². The van der Waals surface area contributed by atoms with Crippen molar-refractivity contribution in [1.29, 1.82) is 0 Å². The van der Waals surface area contributed by atoms with Gasteiger partial charge in [0.25, 0.3) is 0 Å². The Bertz CT molecular complexity index is 899. The summed E-state index contributed by atoms with van der Waals surface area (Å²) in [5.41, 5.74) is 0.512. The molecule has 0 aromatic carbocycles. The van der Waals surface area contributed by atoms with Gasteiger partial charge in [-0.05, 0) is 25.3 Å². The Morgan fingerprint density at radius 3 is 2.93 bits per heavy atom. The fourth-order valence-corrected chi connectivity index (χ4v) is 4.61. The summed E-state index contributed by atoms with van der Waals surface area (Å²) in [6.07, 6.45) is 10.8. The van der Waals surface area contributed by atoms with Gasteiger partial charge in [-0.15, -0.1) is 0 Å². The second-order valence-electron chi connectivity index (χ2n) is 6.89. The summed E-state index contributed by atoms with van der Waals surface area (Å²) in [7, 11) is -3.44. The van der Waals surface area contributed by atoms with E-state index in [2.05, 4.69) is 9.97 Å². The first-order valence-corrected chi connectivity index (χ1v) is 11.2. The van der Waals surface area contributed by atoms with Crippen molar-refractivity contribution in [2.45, 2.75) is 43.0 Å². The van der Waals surface area contributed by atoms with Crippen molar-refractivity contribution in [3.63, 3.8) is 0 Å². The fourth-order valence-electron chi connectivity index (χ4n) is 3.45. The van der Waals surface area contributed by atoms with Crippen molar-refractivity contribution in [1.82, 2.24) is 19.4 Å². The van der Waals surface area contributed by atoms with Gasteiger partial charge < -0.3 is 9.47 Å². The normalized spacial score (nSPS) is 17.9. The van der Waals surface area contributed by atoms with Gasteiger partial charge in [-0.25, -0.2) is 13.4 Å². The molecule has 1 fully saturated rings. The van der Waals surface area contributed by atoms with Crippen LogP contribution in [0, 0.1) is 0 Å². The molecule has 1 saturated heterocycles. The molecule has 0 N–H and O–H groups in total. The lowest BCUT2D eigenvalue weighted by atomic mass is 9.94. The maximum absolute atomic E-state index is 12.6. The molecule has 2 aromatic rings. The number of likely N-dealkylation sites (tertiary alicyclic amines) is 1. The first-order valence-electron chi connectivity index (χ1n) is 8.93. The maximum Gasteiger partial charge on any atom is 0.222 e. The Kier molecular flexibility index (Phi) is 6.16. The van der Waals surface area contributed by atoms with Crippen molar-refractivity contribution in [3.05, 3.63) is 41.7 Å². The lowest BCUT2D eigenvalue weighted by Crippen LogP contribution is -2.39. The molecule has 3 rings (SSSR count). The number of pyridine rings is 1. The summed E-state index contributed by atoms with van der Waals surface area (Å²) in [6, 6.07) is 1.45. The Morgan fingerprint density at radius 2 is 2.22 bits per heavy atom. The number of amides is 1. The third kappa shape index (κ3) is 5.07. The lowest BCUT2D eigenvalue weighted by Gasteiger charge is -2.33. The van der Waals surface area contributed by atoms with Crippen molar-refractivity contribution < 1.29 is 13.2 Å². The van der Waals surface area contributed by atoms with Crippen LogP contribution in [0.4, 0.5) is 0 Å². The number of nitrogens with zero attached hydrogens (tertiary/aromatic N) is 4. The quantitative estimate of drug-likeness (QED) is 0.730. The van der Waals surface area contributed by atoms with Crippen LogP contribution in [-0.2, 0) is 21.2 Å². The topological polar surface area (TPSA) is 85.2 Å². The van der Waals surface area contributed by atoms with Crippen LogP contribution in [-0.4, -0.2) is 53.1 Å². The molecule has 1 aliphatic rings. The van der Waals surface area contributed by atoms with Crippen molar-refractivity contribution in [2.75, 3.05) is 19.3 Å². The number of aromatic nitrogens is 3. The van der Waals surface area contributed by atoms with Gasteiger partial charge in [0.2, 0.25) is 5.91 Å². The number of halogens is 1. The predicted molar refractivity (Wildman–Crippen MR) is 102 cm³/mol. The van der Waals surface area contributed by atoms with Crippen molar-refractivity contribution in [3.8, 4) is 0 Å². The minimum atomic E-state index is -3.44. The molecule has 0 radical (unpaired) electrons. The molecule has 27 heavy (non-hydrogen) atoms. The molecule has 1 aliphatic heterocycles. The average Bonchev–Trinajstić information content (AvgIpc) is 3.14. The zero-order valence-electron chi connectivity index (χ0n) is 15.2. The van der Waals surface area contributed by atoms with E-state index in [0.29, 0.717) is 30.2 Å². The van der Waals surface area contributed by atoms with Crippen LogP contribution >= 0.6 is 11.6 Å². The highest BCUT2D eigenvalue weighted by Gasteiger charge is 2.29. The summed E-state index contributed by atoms with van der Waals surface area (Å²) in [5.74, 6) is -0.00646. The third-order valence-corrected chi connectivity index (χ3v) is 6.11. The molecule has 0 spiro atoms. The van der Waals surface area contributed by atoms with Gasteiger partial charge in [-0.3, -0.25) is 9.78 Å². The van der Waals surface area contributed by atoms with Gasteiger partial charge >= 0.3 is 0 Å². The van der Waals surface area contributed by atoms with Crippen LogP contribution < -0.4 is 0 Å². The van der Waals surface area contributed by atoms with E-state index in [9.17, 15) is 13.2 Å². The molecule has 1 atom stereocenters. The van der Waals surface area contributed by atoms with Crippen LogP contribution in [0.25, 0.3) is 0 Å². The second kappa shape index (κ2) is 8.39. The van der Waals surface area contributed by atoms with Crippen molar-refractivity contribution in [2.24, 2.45) is 0 Å². The molecular formula is C18H23ClN4O3S. The smallest absolute Gasteiger partial charge is 0.222 e. The Morgan fingerprint density at radius 1 is 1.41 bits per heavy atom. The monoisotopic (exact) mass is 410 g/mol. The first kappa shape index (κ1) is 19.8. The van der Waals surface area contributed by atoms with Crippen molar-refractivity contribution >= 4 is 27.3 Å². The van der Waals surface area contributed by atoms with E-state index in [-0.39, 0.29) is 16.7 Å². The van der Waals surface area contributed by atoms with Gasteiger partial charge in [-0.1, -0.05) is 11.6 Å². The lowest BCUT2D eigenvalue weighted by molar-refractivity contribution is -0.132. The number of piperidine rings is 1. The molecule has 7 nitrogen and oxygen atoms in total. The summed E-state index contributed by atoms with van der Waals surface area (Å²) >= 11 is 5.94. The average molecular weight is 411 g/mol. The highest BCUT2D eigenvalue weighted by Crippen LogP contribution is 2.31. The second-order valence-corrected chi connectivity index (χ2v) is 9.31. The molecule has 9 heteroatoms. The van der Waals surface area contributed by atoms with Crippen LogP contribution in [0.15, 0.2) is 35.9 Å². The van der Waals surface area contributed by atoms with Crippen LogP contribution in [0.2, 0.25) is 5.02 Å². The zero-order chi connectivity index (χ0) is 19.4. The number of hydrogen-bond donors (Lipinski definition) is 0. The maximum atomic E-state index is 12.6. The van der Waals surface area contributed by atoms with E-state index < -0.39 is 9.84 Å². The predicted octanol–water partition coefficient (Wildman–Crippen LogP) is 2.52. The molecule has 0 saturated carbocycles. The van der Waals surface area contributed by atoms with E-state index in [1.54, 1.807) is 12.5 Å². The number of carbonyl (C=O) groups is 1. The number of carbonyl (C=O) groups excluding carboxylic acids is 1. The van der Waals surface area contributed by atoms with Gasteiger partial charge in [0.15, 0.2) is 9.84 Å². The van der Waals surface area contributed by atoms with Gasteiger partial charge in [0.05, 0.1) is 21.9 Å². The molecule has 3 heterocycles. The van der Waals surface area contributed by atoms with E-state index in [4.69, 9.17) is 11.6 Å². The van der Waals surface area contributed by atoms with Crippen LogP contribution in [0.5, 0.6) is 0 Å². The fraction of sp³-hybridized carbons (Fsp3) is 0.500. The molecule has 1 amide bonds. The molecular weight excluding hydrogens is 388 g/mol. The van der Waals surface area contributed by atoms with E-state index in [1.165, 1.54) is 12.3 Å². The minimum absolute atomic E-state index is 0.0923. The summed E-state index contributed by atoms with van der Waals surface area (Å²) in [5, 5.41) is 0.294. The molecule has 0 bridgehead atoms. The van der Waals surface area contributed by atoms with Crippen LogP contribution in [0.3, 0.4) is 0 Å². The summed E-state index contributed by atoms with van der Waals surface area (Å²) in [4.78, 5) is 22.9. The number of rotatable bonds is 6. The Balaban J connectivity index is 1.66. The summed E-state index contributed by atoms with van der Waals surface area (Å²) in [6.45, 7) is 1.93. The highest BCUT2D eigenvalue weighted by atomic mass is 35.5. The number of hydrogen-bond acceptors (Lipinski definition) is 5. The standard InChI is InChI=1S/C18H23ClN4O3S/c1-27(25,26)16-10-15(19)11-21-18(16)14-4-2-8-23(12-14)17(24)5-3-7-22-9-6-20-13-22/h6,9-11,13-14H,2-5,7-8,12H2,1H3/t14-/m0/s1. The Labute approximate surface area is 164 Å². The molecule has 0 aliphatic carbocycles. The SMILES string of the molecule is CS(=O)(=O)c1cc(Cl)cnc1[C@H]1CCCN(C(=O)CCCn2ccnc2)C1. The highest BCUT2D eigenvalue weighted by molar-refractivity contribution is 7.90. The number of aryl methyl sites for hydroxylation is 1. The first-order chi connectivity index (χ1) is 12.8. The van der Waals surface area contributed by atoms with Gasteiger partial charge in [0.1, 0.15) is 0 Å². The Hall–Kier alpha value is -1.93. The number of imidazole rings is 1. The zero-order valence-corrected chi connectivity index (χ0v) is 16.8.